The monoisotopic (exact) mass is 406 g/mol. The zero-order valence-corrected chi connectivity index (χ0v) is 16.5. The number of furan rings is 1. The van der Waals surface area contributed by atoms with Crippen LogP contribution in [0, 0.1) is 0 Å². The van der Waals surface area contributed by atoms with Crippen molar-refractivity contribution in [3.05, 3.63) is 75.5 Å². The number of hydrogen-bond donors (Lipinski definition) is 0. The number of rotatable bonds is 5. The van der Waals surface area contributed by atoms with Crippen LogP contribution in [0.3, 0.4) is 0 Å². The van der Waals surface area contributed by atoms with Crippen LogP contribution in [0.25, 0.3) is 21.8 Å². The Morgan fingerprint density at radius 1 is 0.900 bits per heavy atom. The third kappa shape index (κ3) is 3.55. The maximum Gasteiger partial charge on any atom is 0.260 e. The Labute approximate surface area is 171 Å². The molecule has 4 aromatic heterocycles. The summed E-state index contributed by atoms with van der Waals surface area (Å²) in [7, 11) is 0. The van der Waals surface area contributed by atoms with E-state index in [2.05, 4.69) is 9.88 Å². The van der Waals surface area contributed by atoms with Gasteiger partial charge in [-0.15, -0.1) is 0 Å². The van der Waals surface area contributed by atoms with Gasteiger partial charge >= 0.3 is 0 Å². The summed E-state index contributed by atoms with van der Waals surface area (Å²) in [5, 5.41) is 0.888. The molecule has 154 valence electrons. The molecule has 0 amide bonds. The molecule has 0 spiro atoms. The highest BCUT2D eigenvalue weighted by Gasteiger charge is 2.13. The zero-order valence-electron chi connectivity index (χ0n) is 16.5. The van der Waals surface area contributed by atoms with E-state index in [0.717, 1.165) is 32.8 Å². The fraction of sp³-hybridized carbons (Fsp3) is 0.318. The van der Waals surface area contributed by atoms with E-state index in [9.17, 15) is 9.59 Å². The van der Waals surface area contributed by atoms with Crippen molar-refractivity contribution in [2.24, 2.45) is 0 Å². The zero-order chi connectivity index (χ0) is 20.5. The first-order valence-electron chi connectivity index (χ1n) is 10.0. The topological polar surface area (TPSA) is 82.5 Å². The molecule has 1 saturated heterocycles. The molecule has 0 saturated carbocycles. The normalized spacial score (nSPS) is 15.2. The van der Waals surface area contributed by atoms with Gasteiger partial charge in [0, 0.05) is 38.6 Å². The predicted octanol–water partition coefficient (Wildman–Crippen LogP) is 1.68. The van der Waals surface area contributed by atoms with Crippen molar-refractivity contribution in [2.45, 2.75) is 13.1 Å². The van der Waals surface area contributed by atoms with Crippen molar-refractivity contribution < 1.29 is 9.15 Å². The van der Waals surface area contributed by atoms with E-state index in [4.69, 9.17) is 9.15 Å². The minimum Gasteiger partial charge on any atom is -0.467 e. The van der Waals surface area contributed by atoms with Gasteiger partial charge in [-0.3, -0.25) is 14.5 Å². The Morgan fingerprint density at radius 2 is 1.60 bits per heavy atom. The van der Waals surface area contributed by atoms with Crippen LogP contribution in [0.5, 0.6) is 0 Å². The Balaban J connectivity index is 1.51. The summed E-state index contributed by atoms with van der Waals surface area (Å²) < 4.78 is 14.0. The van der Waals surface area contributed by atoms with E-state index in [-0.39, 0.29) is 11.1 Å². The van der Waals surface area contributed by atoms with Crippen molar-refractivity contribution in [3.8, 4) is 0 Å². The van der Waals surface area contributed by atoms with Gasteiger partial charge in [0.05, 0.1) is 47.8 Å². The van der Waals surface area contributed by atoms with Crippen molar-refractivity contribution in [2.75, 3.05) is 32.8 Å². The highest BCUT2D eigenvalue weighted by molar-refractivity contribution is 5.91. The second-order valence-electron chi connectivity index (χ2n) is 7.45. The Bertz CT molecular complexity index is 1300. The fourth-order valence-corrected chi connectivity index (χ4v) is 3.85. The van der Waals surface area contributed by atoms with E-state index < -0.39 is 0 Å². The molecule has 4 aromatic rings. The van der Waals surface area contributed by atoms with Crippen molar-refractivity contribution in [3.63, 3.8) is 0 Å². The molecule has 0 radical (unpaired) electrons. The van der Waals surface area contributed by atoms with Gasteiger partial charge in [-0.05, 0) is 30.3 Å². The first-order chi connectivity index (χ1) is 14.7. The van der Waals surface area contributed by atoms with Gasteiger partial charge in [0.25, 0.3) is 11.1 Å². The van der Waals surface area contributed by atoms with Crippen LogP contribution in [0.1, 0.15) is 5.76 Å². The van der Waals surface area contributed by atoms with Gasteiger partial charge in [-0.2, -0.15) is 0 Å². The van der Waals surface area contributed by atoms with E-state index in [0.29, 0.717) is 40.7 Å². The minimum absolute atomic E-state index is 0.129. The van der Waals surface area contributed by atoms with Crippen LogP contribution in [-0.4, -0.2) is 51.9 Å². The van der Waals surface area contributed by atoms with Crippen LogP contribution in [0.2, 0.25) is 0 Å². The summed E-state index contributed by atoms with van der Waals surface area (Å²) in [6, 6.07) is 8.91. The maximum atomic E-state index is 13.1. The second kappa shape index (κ2) is 7.89. The summed E-state index contributed by atoms with van der Waals surface area (Å²) in [6.07, 6.45) is 5.06. The molecule has 1 aliphatic rings. The second-order valence-corrected chi connectivity index (χ2v) is 7.45. The van der Waals surface area contributed by atoms with Crippen molar-refractivity contribution in [1.82, 2.24) is 19.0 Å². The predicted molar refractivity (Wildman–Crippen MR) is 113 cm³/mol. The highest BCUT2D eigenvalue weighted by atomic mass is 16.5. The highest BCUT2D eigenvalue weighted by Crippen LogP contribution is 2.15. The van der Waals surface area contributed by atoms with Crippen LogP contribution >= 0.6 is 0 Å². The molecule has 0 bridgehead atoms. The average molecular weight is 406 g/mol. The fourth-order valence-electron chi connectivity index (χ4n) is 3.85. The third-order valence-electron chi connectivity index (χ3n) is 5.56. The number of nitrogens with zero attached hydrogens (tertiary/aromatic N) is 4. The average Bonchev–Trinajstić information content (AvgIpc) is 3.29. The summed E-state index contributed by atoms with van der Waals surface area (Å²) >= 11 is 0. The molecule has 0 atom stereocenters. The van der Waals surface area contributed by atoms with Gasteiger partial charge in [-0.1, -0.05) is 0 Å². The van der Waals surface area contributed by atoms with Crippen LogP contribution in [0.15, 0.2) is 63.0 Å². The van der Waals surface area contributed by atoms with Gasteiger partial charge in [0.15, 0.2) is 0 Å². The Kier molecular flexibility index (Phi) is 4.94. The summed E-state index contributed by atoms with van der Waals surface area (Å²) in [5.74, 6) is 0.690. The number of ether oxygens (including phenoxy) is 1. The van der Waals surface area contributed by atoms with Gasteiger partial charge in [0.1, 0.15) is 5.76 Å². The summed E-state index contributed by atoms with van der Waals surface area (Å²) in [6.45, 7) is 4.92. The van der Waals surface area contributed by atoms with Crippen LogP contribution in [-0.2, 0) is 17.8 Å². The molecule has 0 aliphatic carbocycles. The number of pyridine rings is 3. The number of hydrogen-bond acceptors (Lipinski definition) is 6. The maximum absolute atomic E-state index is 13.1. The number of aromatic nitrogens is 3. The Hall–Kier alpha value is -3.23. The molecule has 0 unspecified atom stereocenters. The molecule has 8 nitrogen and oxygen atoms in total. The van der Waals surface area contributed by atoms with E-state index in [1.807, 2.05) is 12.1 Å². The minimum atomic E-state index is -0.193. The van der Waals surface area contributed by atoms with E-state index >= 15 is 0 Å². The largest absolute Gasteiger partial charge is 0.467 e. The van der Waals surface area contributed by atoms with Gasteiger partial charge in [-0.25, -0.2) is 4.98 Å². The SMILES string of the molecule is O=c1c2cc3c(=O)n(Cc4ccco4)ccc3nc2ccn1CCN1CCOCC1. The van der Waals surface area contributed by atoms with Crippen molar-refractivity contribution in [1.29, 1.82) is 0 Å². The lowest BCUT2D eigenvalue weighted by Crippen LogP contribution is -2.39. The lowest BCUT2D eigenvalue weighted by Gasteiger charge is -2.26. The molecule has 1 aliphatic heterocycles. The molecule has 8 heteroatoms. The third-order valence-corrected chi connectivity index (χ3v) is 5.56. The lowest BCUT2D eigenvalue weighted by molar-refractivity contribution is 0.0363. The lowest BCUT2D eigenvalue weighted by atomic mass is 10.2. The number of fused-ring (bicyclic) bond motifs is 2. The molecule has 1 fully saturated rings. The first-order valence-corrected chi connectivity index (χ1v) is 10.0. The molecular formula is C22H22N4O4. The molecular weight excluding hydrogens is 384 g/mol. The smallest absolute Gasteiger partial charge is 0.260 e. The molecule has 0 N–H and O–H groups in total. The van der Waals surface area contributed by atoms with Crippen molar-refractivity contribution >= 4 is 21.8 Å². The van der Waals surface area contributed by atoms with E-state index in [1.165, 1.54) is 0 Å². The number of morpholine rings is 1. The quantitative estimate of drug-likeness (QED) is 0.469. The van der Waals surface area contributed by atoms with Crippen LogP contribution < -0.4 is 11.1 Å². The molecule has 30 heavy (non-hydrogen) atoms. The Morgan fingerprint density at radius 3 is 2.30 bits per heavy atom. The van der Waals surface area contributed by atoms with Gasteiger partial charge < -0.3 is 18.3 Å². The molecule has 5 heterocycles. The van der Waals surface area contributed by atoms with Gasteiger partial charge in [0.2, 0.25) is 0 Å². The first kappa shape index (κ1) is 18.8. The summed E-state index contributed by atoms with van der Waals surface area (Å²) in [5.41, 5.74) is 0.851. The van der Waals surface area contributed by atoms with Crippen LogP contribution in [0.4, 0.5) is 0 Å². The van der Waals surface area contributed by atoms with E-state index in [1.54, 1.807) is 46.0 Å². The standard InChI is InChI=1S/C22H22N4O4/c27-21-17-14-18-20(4-6-26(22(18)28)15-16-2-1-11-30-16)23-19(17)3-5-25(21)8-7-24-9-12-29-13-10-24/h1-6,11,14H,7-10,12-13,15H2. The molecule has 5 rings (SSSR count). The molecule has 0 aromatic carbocycles. The summed E-state index contributed by atoms with van der Waals surface area (Å²) in [4.78, 5) is 32.9.